The summed E-state index contributed by atoms with van der Waals surface area (Å²) in [7, 11) is -3.63. The van der Waals surface area contributed by atoms with Gasteiger partial charge >= 0.3 is 0 Å². The van der Waals surface area contributed by atoms with Gasteiger partial charge in [-0.2, -0.15) is 5.10 Å². The summed E-state index contributed by atoms with van der Waals surface area (Å²) in [4.78, 5) is 12.4. The molecular weight excluding hydrogens is 434 g/mol. The molecule has 2 aromatic carbocycles. The Morgan fingerprint density at radius 3 is 2.12 bits per heavy atom. The van der Waals surface area contributed by atoms with Gasteiger partial charge in [0.1, 0.15) is 6.54 Å². The molecule has 4 saturated carbocycles. The molecule has 0 aliphatic heterocycles. The molecule has 2 aromatic rings. The van der Waals surface area contributed by atoms with Crippen LogP contribution in [0.2, 0.25) is 0 Å². The fraction of sp³-hybridized carbons (Fsp3) is 0.462. The van der Waals surface area contributed by atoms with Crippen molar-refractivity contribution in [3.8, 4) is 0 Å². The molecule has 33 heavy (non-hydrogen) atoms. The highest BCUT2D eigenvalue weighted by Crippen LogP contribution is 2.60. The summed E-state index contributed by atoms with van der Waals surface area (Å²) in [5, 5.41) is 3.94. The number of hydrazone groups is 1. The van der Waals surface area contributed by atoms with Gasteiger partial charge in [-0.25, -0.2) is 13.8 Å². The Morgan fingerprint density at radius 1 is 1.00 bits per heavy atom. The zero-order valence-corrected chi connectivity index (χ0v) is 19.8. The van der Waals surface area contributed by atoms with Gasteiger partial charge in [0.2, 0.25) is 10.0 Å². The Hall–Kier alpha value is -2.67. The number of benzene rings is 2. The van der Waals surface area contributed by atoms with Crippen molar-refractivity contribution in [1.29, 1.82) is 0 Å². The molecule has 0 spiro atoms. The maximum atomic E-state index is 12.5. The summed E-state index contributed by atoms with van der Waals surface area (Å²) >= 11 is 0. The van der Waals surface area contributed by atoms with Crippen LogP contribution >= 0.6 is 0 Å². The van der Waals surface area contributed by atoms with Gasteiger partial charge in [-0.05, 0) is 85.0 Å². The second kappa shape index (κ2) is 8.60. The first-order chi connectivity index (χ1) is 15.8. The normalized spacial score (nSPS) is 28.2. The lowest BCUT2D eigenvalue weighted by Crippen LogP contribution is -2.48. The van der Waals surface area contributed by atoms with E-state index in [-0.39, 0.29) is 12.0 Å². The van der Waals surface area contributed by atoms with Crippen LogP contribution in [0, 0.1) is 17.8 Å². The molecule has 174 valence electrons. The molecule has 4 aliphatic rings. The van der Waals surface area contributed by atoms with Gasteiger partial charge in [0.15, 0.2) is 0 Å². The lowest BCUT2D eigenvalue weighted by molar-refractivity contribution is -0.119. The molecule has 0 heterocycles. The summed E-state index contributed by atoms with van der Waals surface area (Å²) in [6.07, 6.45) is 10.6. The molecule has 0 radical (unpaired) electrons. The number of nitrogens with one attached hydrogen (secondary N) is 1. The van der Waals surface area contributed by atoms with Gasteiger partial charge in [0, 0.05) is 0 Å². The van der Waals surface area contributed by atoms with Crippen LogP contribution in [0.4, 0.5) is 5.69 Å². The lowest BCUT2D eigenvalue weighted by Gasteiger charge is -2.57. The largest absolute Gasteiger partial charge is 0.271 e. The monoisotopic (exact) mass is 465 g/mol. The molecule has 6 rings (SSSR count). The zero-order chi connectivity index (χ0) is 23.1. The molecule has 7 heteroatoms. The second-order valence-electron chi connectivity index (χ2n) is 10.2. The van der Waals surface area contributed by atoms with Crippen LogP contribution in [0.3, 0.4) is 0 Å². The van der Waals surface area contributed by atoms with Crippen molar-refractivity contribution in [3.63, 3.8) is 0 Å². The van der Waals surface area contributed by atoms with Crippen LogP contribution < -0.4 is 9.73 Å². The molecule has 0 saturated heterocycles. The standard InChI is InChI=1S/C26H31N3O3S/c1-33(31,32)29(18-25(30)28-27-17-19-5-3-2-4-6-19)24-9-7-23(8-10-24)26-14-20-11-21(15-26)13-22(12-20)16-26/h2-10,17,20-22H,11-16,18H2,1H3,(H,28,30)/b27-17-. The summed E-state index contributed by atoms with van der Waals surface area (Å²) < 4.78 is 26.1. The molecular formula is C26H31N3O3S. The molecule has 4 bridgehead atoms. The fourth-order valence-electron chi connectivity index (χ4n) is 6.73. The van der Waals surface area contributed by atoms with Gasteiger partial charge in [0.05, 0.1) is 18.2 Å². The second-order valence-corrected chi connectivity index (χ2v) is 12.1. The van der Waals surface area contributed by atoms with E-state index in [9.17, 15) is 13.2 Å². The third-order valence-electron chi connectivity index (χ3n) is 7.70. The summed E-state index contributed by atoms with van der Waals surface area (Å²) in [6, 6.07) is 17.3. The number of carbonyl (C=O) groups is 1. The van der Waals surface area contributed by atoms with E-state index in [2.05, 4.69) is 22.7 Å². The molecule has 0 aromatic heterocycles. The molecule has 1 amide bonds. The summed E-state index contributed by atoms with van der Waals surface area (Å²) in [5.74, 6) is 2.06. The first kappa shape index (κ1) is 22.1. The third kappa shape index (κ3) is 4.69. The average molecular weight is 466 g/mol. The number of nitrogens with zero attached hydrogens (tertiary/aromatic N) is 2. The van der Waals surface area contributed by atoms with Crippen molar-refractivity contribution in [2.45, 2.75) is 43.9 Å². The van der Waals surface area contributed by atoms with Gasteiger partial charge in [-0.1, -0.05) is 42.5 Å². The van der Waals surface area contributed by atoms with Crippen LogP contribution in [-0.4, -0.2) is 33.3 Å². The SMILES string of the molecule is CS(=O)(=O)N(CC(=O)N/N=C\c1ccccc1)c1ccc(C23CC4CC(CC(C4)C2)C3)cc1. The highest BCUT2D eigenvalue weighted by Gasteiger charge is 2.51. The topological polar surface area (TPSA) is 78.8 Å². The Bertz CT molecular complexity index is 1110. The third-order valence-corrected chi connectivity index (χ3v) is 8.84. The van der Waals surface area contributed by atoms with Crippen LogP contribution in [0.15, 0.2) is 59.7 Å². The van der Waals surface area contributed by atoms with E-state index in [4.69, 9.17) is 0 Å². The first-order valence-corrected chi connectivity index (χ1v) is 13.6. The number of sulfonamides is 1. The smallest absolute Gasteiger partial charge is 0.260 e. The van der Waals surface area contributed by atoms with E-state index in [0.29, 0.717) is 5.69 Å². The molecule has 1 N–H and O–H groups in total. The Balaban J connectivity index is 1.29. The predicted molar refractivity (Wildman–Crippen MR) is 131 cm³/mol. The minimum Gasteiger partial charge on any atom is -0.271 e. The van der Waals surface area contributed by atoms with E-state index in [1.165, 1.54) is 50.3 Å². The van der Waals surface area contributed by atoms with Gasteiger partial charge in [-0.15, -0.1) is 0 Å². The fourth-order valence-corrected chi connectivity index (χ4v) is 7.59. The van der Waals surface area contributed by atoms with Gasteiger partial charge < -0.3 is 0 Å². The van der Waals surface area contributed by atoms with E-state index in [0.717, 1.165) is 33.9 Å². The van der Waals surface area contributed by atoms with Gasteiger partial charge in [-0.3, -0.25) is 9.10 Å². The van der Waals surface area contributed by atoms with Gasteiger partial charge in [0.25, 0.3) is 5.91 Å². The van der Waals surface area contributed by atoms with Crippen molar-refractivity contribution in [2.24, 2.45) is 22.9 Å². The number of hydrogen-bond donors (Lipinski definition) is 1. The van der Waals surface area contributed by atoms with E-state index < -0.39 is 15.9 Å². The zero-order valence-electron chi connectivity index (χ0n) is 19.0. The molecule has 0 atom stereocenters. The Labute approximate surface area is 196 Å². The van der Waals surface area contributed by atoms with Crippen molar-refractivity contribution in [1.82, 2.24) is 5.43 Å². The number of amides is 1. The van der Waals surface area contributed by atoms with E-state index >= 15 is 0 Å². The maximum Gasteiger partial charge on any atom is 0.260 e. The minimum absolute atomic E-state index is 0.257. The number of hydrogen-bond acceptors (Lipinski definition) is 4. The lowest BCUT2D eigenvalue weighted by atomic mass is 9.48. The van der Waals surface area contributed by atoms with Crippen LogP contribution in [0.1, 0.15) is 49.7 Å². The van der Waals surface area contributed by atoms with Crippen LogP contribution in [0.5, 0.6) is 0 Å². The van der Waals surface area contributed by atoms with E-state index in [1.54, 1.807) is 0 Å². The van der Waals surface area contributed by atoms with Crippen LogP contribution in [0.25, 0.3) is 0 Å². The quantitative estimate of drug-likeness (QED) is 0.495. The molecule has 4 fully saturated rings. The highest BCUT2D eigenvalue weighted by molar-refractivity contribution is 7.92. The first-order valence-electron chi connectivity index (χ1n) is 11.8. The van der Waals surface area contributed by atoms with Crippen LogP contribution in [-0.2, 0) is 20.2 Å². The summed E-state index contributed by atoms with van der Waals surface area (Å²) in [5.41, 5.74) is 5.37. The number of anilines is 1. The summed E-state index contributed by atoms with van der Waals surface area (Å²) in [6.45, 7) is -0.318. The number of rotatable bonds is 7. The maximum absolute atomic E-state index is 12.5. The van der Waals surface area contributed by atoms with Crippen molar-refractivity contribution in [3.05, 3.63) is 65.7 Å². The van der Waals surface area contributed by atoms with Crippen molar-refractivity contribution in [2.75, 3.05) is 17.1 Å². The minimum atomic E-state index is -3.63. The van der Waals surface area contributed by atoms with Crippen molar-refractivity contribution >= 4 is 27.8 Å². The Morgan fingerprint density at radius 2 is 1.58 bits per heavy atom. The Kier molecular flexibility index (Phi) is 5.77. The molecule has 4 aliphatic carbocycles. The average Bonchev–Trinajstić information content (AvgIpc) is 2.77. The molecule has 0 unspecified atom stereocenters. The number of carbonyl (C=O) groups excluding carboxylic acids is 1. The molecule has 6 nitrogen and oxygen atoms in total. The van der Waals surface area contributed by atoms with E-state index in [1.807, 2.05) is 42.5 Å². The van der Waals surface area contributed by atoms with Crippen molar-refractivity contribution < 1.29 is 13.2 Å². The predicted octanol–water partition coefficient (Wildman–Crippen LogP) is 4.07. The highest BCUT2D eigenvalue weighted by atomic mass is 32.2.